The van der Waals surface area contributed by atoms with Gasteiger partial charge in [0, 0.05) is 26.2 Å². The molecule has 0 N–H and O–H groups in total. The van der Waals surface area contributed by atoms with Crippen LogP contribution < -0.4 is 0 Å². The summed E-state index contributed by atoms with van der Waals surface area (Å²) in [6.45, 7) is 1.79. The number of carbonyl (C=O) groups is 1. The molecule has 0 heterocycles. The molecule has 1 aromatic carbocycles. The number of hydrogen-bond donors (Lipinski definition) is 0. The Morgan fingerprint density at radius 2 is 1.69 bits per heavy atom. The van der Waals surface area contributed by atoms with E-state index in [1.54, 1.807) is 11.9 Å². The zero-order valence-electron chi connectivity index (χ0n) is 23.2. The Kier molecular flexibility index (Phi) is 8.41. The van der Waals surface area contributed by atoms with E-state index in [1.165, 1.54) is 17.5 Å². The maximum absolute atomic E-state index is 13.2. The first-order valence-electron chi connectivity index (χ1n) is 13.9. The summed E-state index contributed by atoms with van der Waals surface area (Å²) in [4.78, 5) is 16.7. The number of carbonyl (C=O) groups excluding carboxylic acids is 1. The number of rotatable bonds is 8. The minimum Gasteiger partial charge on any atom is -0.358 e. The summed E-state index contributed by atoms with van der Waals surface area (Å²) in [5.74, 6) is 1.67. The number of fused-ring (bicyclic) bond motifs is 5. The molecule has 3 aliphatic carbocycles. The molecule has 1 aromatic rings. The van der Waals surface area contributed by atoms with Crippen molar-refractivity contribution in [2.45, 2.75) is 88.7 Å². The van der Waals surface area contributed by atoms with Crippen molar-refractivity contribution in [2.75, 3.05) is 33.8 Å². The average Bonchev–Trinajstić information content (AvgIpc) is 3.21. The normalized spacial score (nSPS) is 29.1. The minimum absolute atomic E-state index is 0.00416. The van der Waals surface area contributed by atoms with Crippen LogP contribution in [0.4, 0.5) is 26.3 Å². The van der Waals surface area contributed by atoms with Gasteiger partial charge in [0.1, 0.15) is 0 Å². The first kappa shape index (κ1) is 30.2. The molecule has 4 nitrogen and oxygen atoms in total. The van der Waals surface area contributed by atoms with Crippen LogP contribution in [0.1, 0.15) is 69.4 Å². The zero-order valence-corrected chi connectivity index (χ0v) is 23.2. The van der Waals surface area contributed by atoms with Gasteiger partial charge in [-0.3, -0.25) is 9.69 Å². The zero-order chi connectivity index (χ0) is 28.8. The Hall–Kier alpha value is -1.81. The summed E-state index contributed by atoms with van der Waals surface area (Å²) in [5, 5.41) is 0. The fourth-order valence-corrected chi connectivity index (χ4v) is 7.66. The van der Waals surface area contributed by atoms with Crippen LogP contribution in [-0.4, -0.2) is 73.5 Å². The van der Waals surface area contributed by atoms with Crippen LogP contribution in [0.15, 0.2) is 24.3 Å². The summed E-state index contributed by atoms with van der Waals surface area (Å²) >= 11 is 0. The molecule has 1 amide bonds. The van der Waals surface area contributed by atoms with E-state index in [0.29, 0.717) is 17.8 Å². The van der Waals surface area contributed by atoms with E-state index < -0.39 is 24.6 Å². The Labute approximate surface area is 227 Å². The van der Waals surface area contributed by atoms with Gasteiger partial charge in [0.25, 0.3) is 5.60 Å². The molecule has 0 aliphatic heterocycles. The second-order valence-electron chi connectivity index (χ2n) is 12.2. The molecule has 4 rings (SSSR count). The van der Waals surface area contributed by atoms with Crippen molar-refractivity contribution in [3.05, 3.63) is 35.4 Å². The largest absolute Gasteiger partial charge is 0.426 e. The van der Waals surface area contributed by atoms with E-state index in [1.807, 2.05) is 11.9 Å². The van der Waals surface area contributed by atoms with Gasteiger partial charge >= 0.3 is 12.4 Å². The number of amides is 1. The predicted molar refractivity (Wildman–Crippen MR) is 136 cm³/mol. The van der Waals surface area contributed by atoms with E-state index in [4.69, 9.17) is 0 Å². The van der Waals surface area contributed by atoms with Gasteiger partial charge in [-0.15, -0.1) is 0 Å². The first-order valence-corrected chi connectivity index (χ1v) is 13.9. The molecule has 2 saturated carbocycles. The predicted octanol–water partition coefficient (Wildman–Crippen LogP) is 6.59. The van der Waals surface area contributed by atoms with E-state index >= 15 is 0 Å². The van der Waals surface area contributed by atoms with Crippen LogP contribution in [0, 0.1) is 17.3 Å². The SMILES string of the molecule is CN(CCCOC(C)(C(F)(F)F)C(F)(F)F)CC(=O)N(C)[C@H]1CCC2C3CCc4ccccc4C3CC[C@@]21C. The third-order valence-electron chi connectivity index (χ3n) is 10.0. The maximum Gasteiger partial charge on any atom is 0.426 e. The van der Waals surface area contributed by atoms with Crippen molar-refractivity contribution in [2.24, 2.45) is 17.3 Å². The fraction of sp³-hybridized carbons (Fsp3) is 0.759. The molecule has 5 atom stereocenters. The lowest BCUT2D eigenvalue weighted by Crippen LogP contribution is -2.56. The van der Waals surface area contributed by atoms with E-state index in [-0.39, 0.29) is 43.8 Å². The number of ether oxygens (including phenoxy) is 1. The lowest BCUT2D eigenvalue weighted by molar-refractivity contribution is -0.374. The molecule has 3 aliphatic rings. The number of aryl methyl sites for hydroxylation is 1. The van der Waals surface area contributed by atoms with Gasteiger partial charge in [-0.1, -0.05) is 31.2 Å². The second kappa shape index (κ2) is 10.9. The van der Waals surface area contributed by atoms with Gasteiger partial charge in [-0.25, -0.2) is 0 Å². The molecule has 0 aromatic heterocycles. The van der Waals surface area contributed by atoms with Gasteiger partial charge in [-0.2, -0.15) is 26.3 Å². The maximum atomic E-state index is 13.2. The molecule has 10 heteroatoms. The summed E-state index contributed by atoms with van der Waals surface area (Å²) in [6.07, 6.45) is -4.74. The fourth-order valence-electron chi connectivity index (χ4n) is 7.66. The highest BCUT2D eigenvalue weighted by Gasteiger charge is 2.69. The summed E-state index contributed by atoms with van der Waals surface area (Å²) in [5.41, 5.74) is -1.22. The minimum atomic E-state index is -5.58. The van der Waals surface area contributed by atoms with Crippen LogP contribution in [-0.2, 0) is 16.0 Å². The number of likely N-dealkylation sites (N-methyl/N-ethyl adjacent to an activating group) is 2. The molecule has 39 heavy (non-hydrogen) atoms. The van der Waals surface area contributed by atoms with Crippen LogP contribution in [0.3, 0.4) is 0 Å². The van der Waals surface area contributed by atoms with Crippen molar-refractivity contribution < 1.29 is 35.9 Å². The van der Waals surface area contributed by atoms with Gasteiger partial charge in [-0.05, 0) is 93.2 Å². The first-order chi connectivity index (χ1) is 18.1. The molecule has 0 spiro atoms. The van der Waals surface area contributed by atoms with Gasteiger partial charge < -0.3 is 9.64 Å². The molecule has 3 unspecified atom stereocenters. The van der Waals surface area contributed by atoms with Crippen molar-refractivity contribution in [3.8, 4) is 0 Å². The van der Waals surface area contributed by atoms with Crippen molar-refractivity contribution in [3.63, 3.8) is 0 Å². The third kappa shape index (κ3) is 5.56. The Morgan fingerprint density at radius 1 is 1.03 bits per heavy atom. The molecule has 220 valence electrons. The number of hydrogen-bond acceptors (Lipinski definition) is 3. The molecular weight excluding hydrogens is 522 g/mol. The lowest BCUT2D eigenvalue weighted by atomic mass is 9.55. The van der Waals surface area contributed by atoms with Gasteiger partial charge in [0.15, 0.2) is 0 Å². The highest BCUT2D eigenvalue weighted by atomic mass is 19.4. The number of benzene rings is 1. The molecule has 0 bridgehead atoms. The topological polar surface area (TPSA) is 32.8 Å². The molecular formula is C29H40F6N2O2. The summed E-state index contributed by atoms with van der Waals surface area (Å²) in [7, 11) is 3.47. The van der Waals surface area contributed by atoms with Crippen LogP contribution in [0.5, 0.6) is 0 Å². The number of halogens is 6. The Morgan fingerprint density at radius 3 is 2.36 bits per heavy atom. The molecule has 0 radical (unpaired) electrons. The highest BCUT2D eigenvalue weighted by Crippen LogP contribution is 2.61. The van der Waals surface area contributed by atoms with Crippen LogP contribution >= 0.6 is 0 Å². The third-order valence-corrected chi connectivity index (χ3v) is 10.0. The van der Waals surface area contributed by atoms with Gasteiger partial charge in [0.2, 0.25) is 5.91 Å². The Balaban J connectivity index is 1.30. The monoisotopic (exact) mass is 562 g/mol. The lowest BCUT2D eigenvalue weighted by Gasteiger charge is -2.52. The van der Waals surface area contributed by atoms with Crippen molar-refractivity contribution in [1.29, 1.82) is 0 Å². The molecule has 2 fully saturated rings. The van der Waals surface area contributed by atoms with Crippen molar-refractivity contribution in [1.82, 2.24) is 9.80 Å². The Bertz CT molecular complexity index is 1010. The van der Waals surface area contributed by atoms with E-state index in [9.17, 15) is 31.1 Å². The standard InChI is InChI=1S/C29H40F6N2O2/c1-26-15-14-21-20-9-6-5-8-19(20)10-11-22(21)23(26)12-13-24(26)37(4)25(38)18-36(3)16-7-17-39-27(2,28(30,31)32)29(33,34)35/h5-6,8-9,21-24H,7,10-18H2,1-4H3/t21?,22?,23?,24-,26-/m0/s1. The van der Waals surface area contributed by atoms with E-state index in [2.05, 4.69) is 35.9 Å². The smallest absolute Gasteiger partial charge is 0.358 e. The van der Waals surface area contributed by atoms with E-state index in [0.717, 1.165) is 32.1 Å². The molecule has 0 saturated heterocycles. The van der Waals surface area contributed by atoms with Gasteiger partial charge in [0.05, 0.1) is 6.54 Å². The number of nitrogens with zero attached hydrogens (tertiary/aromatic N) is 2. The summed E-state index contributed by atoms with van der Waals surface area (Å²) in [6, 6.07) is 8.89. The second-order valence-corrected chi connectivity index (χ2v) is 12.2. The highest BCUT2D eigenvalue weighted by molar-refractivity contribution is 5.78. The van der Waals surface area contributed by atoms with Crippen LogP contribution in [0.2, 0.25) is 0 Å². The average molecular weight is 563 g/mol. The summed E-state index contributed by atoms with van der Waals surface area (Å²) < 4.78 is 82.3. The number of alkyl halides is 6. The quantitative estimate of drug-likeness (QED) is 0.265. The van der Waals surface area contributed by atoms with Crippen molar-refractivity contribution >= 4 is 5.91 Å². The van der Waals surface area contributed by atoms with Crippen LogP contribution in [0.25, 0.3) is 0 Å².